The Labute approximate surface area is 172 Å². The molecule has 4 aromatic carbocycles. The lowest BCUT2D eigenvalue weighted by atomic mass is 9.65. The number of hydrogen-bond acceptors (Lipinski definition) is 1. The molecule has 4 aromatic rings. The molecule has 0 saturated carbocycles. The molecule has 1 heteroatoms. The summed E-state index contributed by atoms with van der Waals surface area (Å²) in [4.78, 5) is 14.3. The Morgan fingerprint density at radius 1 is 0.552 bits per heavy atom. The highest BCUT2D eigenvalue weighted by Crippen LogP contribution is 2.42. The lowest BCUT2D eigenvalue weighted by Gasteiger charge is -2.35. The third-order valence-corrected chi connectivity index (χ3v) is 5.73. The molecule has 0 bridgehead atoms. The zero-order valence-corrected chi connectivity index (χ0v) is 16.8. The average molecular weight is 376 g/mol. The van der Waals surface area contributed by atoms with Crippen molar-refractivity contribution in [2.45, 2.75) is 19.3 Å². The summed E-state index contributed by atoms with van der Waals surface area (Å²) in [6.45, 7) is 4.21. The molecule has 0 atom stereocenters. The van der Waals surface area contributed by atoms with Crippen LogP contribution < -0.4 is 0 Å². The van der Waals surface area contributed by atoms with E-state index in [1.165, 1.54) is 11.1 Å². The molecule has 0 aliphatic rings. The van der Waals surface area contributed by atoms with Gasteiger partial charge in [-0.05, 0) is 41.7 Å². The van der Waals surface area contributed by atoms with E-state index in [9.17, 15) is 4.79 Å². The summed E-state index contributed by atoms with van der Waals surface area (Å²) < 4.78 is 0. The second-order valence-electron chi connectivity index (χ2n) is 7.48. The molecule has 0 aliphatic carbocycles. The number of benzene rings is 4. The quantitative estimate of drug-likeness (QED) is 0.286. The summed E-state index contributed by atoms with van der Waals surface area (Å²) in [5.41, 5.74) is 5.13. The van der Waals surface area contributed by atoms with Crippen LogP contribution in [-0.4, -0.2) is 5.78 Å². The summed E-state index contributed by atoms with van der Waals surface area (Å²) in [6.07, 6.45) is 0. The Morgan fingerprint density at radius 3 is 1.52 bits per heavy atom. The molecular formula is C28H24O. The van der Waals surface area contributed by atoms with Crippen molar-refractivity contribution in [2.24, 2.45) is 0 Å². The molecule has 0 amide bonds. The lowest BCUT2D eigenvalue weighted by Crippen LogP contribution is -2.38. The minimum atomic E-state index is -0.914. The van der Waals surface area contributed by atoms with Crippen LogP contribution in [-0.2, 0) is 5.41 Å². The van der Waals surface area contributed by atoms with Gasteiger partial charge in [0.2, 0.25) is 0 Å². The molecule has 0 spiro atoms. The summed E-state index contributed by atoms with van der Waals surface area (Å²) >= 11 is 0. The summed E-state index contributed by atoms with van der Waals surface area (Å²) in [5, 5.41) is 0. The zero-order chi connectivity index (χ0) is 20.3. The van der Waals surface area contributed by atoms with Crippen LogP contribution >= 0.6 is 0 Å². The smallest absolute Gasteiger partial charge is 0.182 e. The van der Waals surface area contributed by atoms with Crippen molar-refractivity contribution in [3.8, 4) is 0 Å². The van der Waals surface area contributed by atoms with E-state index in [4.69, 9.17) is 0 Å². The summed E-state index contributed by atoms with van der Waals surface area (Å²) in [5.74, 6) is 0.0822. The van der Waals surface area contributed by atoms with Gasteiger partial charge in [0.1, 0.15) is 5.41 Å². The number of Topliss-reactive ketones (excluding diaryl/α,β-unsaturated/α-hetero) is 1. The average Bonchev–Trinajstić information content (AvgIpc) is 2.78. The number of ketones is 1. The number of aryl methyl sites for hydroxylation is 2. The largest absolute Gasteiger partial charge is 0.292 e. The zero-order valence-electron chi connectivity index (χ0n) is 16.8. The molecule has 142 valence electrons. The Kier molecular flexibility index (Phi) is 5.14. The van der Waals surface area contributed by atoms with Crippen LogP contribution in [0.1, 0.15) is 38.2 Å². The third-order valence-electron chi connectivity index (χ3n) is 5.73. The van der Waals surface area contributed by atoms with Crippen molar-refractivity contribution in [3.63, 3.8) is 0 Å². The van der Waals surface area contributed by atoms with Gasteiger partial charge in [-0.25, -0.2) is 0 Å². The first-order valence-corrected chi connectivity index (χ1v) is 9.92. The molecule has 1 nitrogen and oxygen atoms in total. The van der Waals surface area contributed by atoms with Crippen LogP contribution in [0, 0.1) is 13.8 Å². The summed E-state index contributed by atoms with van der Waals surface area (Å²) in [7, 11) is 0. The fraction of sp³-hybridized carbons (Fsp3) is 0.107. The van der Waals surface area contributed by atoms with Crippen LogP contribution in [0.15, 0.2) is 109 Å². The maximum Gasteiger partial charge on any atom is 0.182 e. The van der Waals surface area contributed by atoms with Gasteiger partial charge in [-0.3, -0.25) is 4.79 Å². The monoisotopic (exact) mass is 376 g/mol. The summed E-state index contributed by atoms with van der Waals surface area (Å²) in [6, 6.07) is 36.2. The van der Waals surface area contributed by atoms with Crippen molar-refractivity contribution < 1.29 is 4.79 Å². The van der Waals surface area contributed by atoms with Gasteiger partial charge in [-0.15, -0.1) is 0 Å². The van der Waals surface area contributed by atoms with Crippen molar-refractivity contribution in [1.29, 1.82) is 0 Å². The van der Waals surface area contributed by atoms with Gasteiger partial charge in [0, 0.05) is 5.56 Å². The SMILES string of the molecule is Cc1ccc(C(C(=O)c2ccccc2)(c2ccccc2)c2ccccc2)cc1C. The predicted molar refractivity (Wildman–Crippen MR) is 119 cm³/mol. The van der Waals surface area contributed by atoms with E-state index in [0.717, 1.165) is 16.7 Å². The fourth-order valence-electron chi connectivity index (χ4n) is 4.05. The van der Waals surface area contributed by atoms with E-state index in [-0.39, 0.29) is 5.78 Å². The van der Waals surface area contributed by atoms with Crippen molar-refractivity contribution >= 4 is 5.78 Å². The second-order valence-corrected chi connectivity index (χ2v) is 7.48. The maximum atomic E-state index is 14.3. The van der Waals surface area contributed by atoms with Gasteiger partial charge in [-0.2, -0.15) is 0 Å². The molecule has 0 aromatic heterocycles. The van der Waals surface area contributed by atoms with Crippen LogP contribution in [0.2, 0.25) is 0 Å². The molecule has 0 radical (unpaired) electrons. The first-order valence-electron chi connectivity index (χ1n) is 9.92. The standard InChI is InChI=1S/C28H24O/c1-21-18-19-26(20-22(21)2)28(24-14-8-4-9-15-24,25-16-10-5-11-17-25)27(29)23-12-6-3-7-13-23/h3-20H,1-2H3. The minimum absolute atomic E-state index is 0.0822. The van der Waals surface area contributed by atoms with Gasteiger partial charge < -0.3 is 0 Å². The maximum absolute atomic E-state index is 14.3. The van der Waals surface area contributed by atoms with Crippen LogP contribution in [0.5, 0.6) is 0 Å². The lowest BCUT2D eigenvalue weighted by molar-refractivity contribution is 0.0935. The molecule has 0 N–H and O–H groups in total. The molecule has 0 fully saturated rings. The molecular weight excluding hydrogens is 352 g/mol. The van der Waals surface area contributed by atoms with E-state index < -0.39 is 5.41 Å². The van der Waals surface area contributed by atoms with Crippen LogP contribution in [0.3, 0.4) is 0 Å². The van der Waals surface area contributed by atoms with E-state index in [1.54, 1.807) is 0 Å². The normalized spacial score (nSPS) is 11.2. The number of carbonyl (C=O) groups is 1. The van der Waals surface area contributed by atoms with E-state index in [0.29, 0.717) is 5.56 Å². The molecule has 0 heterocycles. The van der Waals surface area contributed by atoms with Crippen molar-refractivity contribution in [2.75, 3.05) is 0 Å². The Balaban J connectivity index is 2.11. The first-order chi connectivity index (χ1) is 14.1. The molecule has 29 heavy (non-hydrogen) atoms. The third kappa shape index (κ3) is 3.30. The highest BCUT2D eigenvalue weighted by Gasteiger charge is 2.44. The Morgan fingerprint density at radius 2 is 1.03 bits per heavy atom. The predicted octanol–water partition coefficient (Wildman–Crippen LogP) is 6.52. The number of rotatable bonds is 5. The van der Waals surface area contributed by atoms with Gasteiger partial charge in [0.15, 0.2) is 5.78 Å². The molecule has 0 unspecified atom stereocenters. The van der Waals surface area contributed by atoms with E-state index >= 15 is 0 Å². The molecule has 0 saturated heterocycles. The van der Waals surface area contributed by atoms with Crippen LogP contribution in [0.25, 0.3) is 0 Å². The first kappa shape index (κ1) is 18.9. The van der Waals surface area contributed by atoms with Gasteiger partial charge >= 0.3 is 0 Å². The topological polar surface area (TPSA) is 17.1 Å². The second kappa shape index (κ2) is 7.89. The highest BCUT2D eigenvalue weighted by atomic mass is 16.1. The van der Waals surface area contributed by atoms with Gasteiger partial charge in [-0.1, -0.05) is 109 Å². The van der Waals surface area contributed by atoms with E-state index in [2.05, 4.69) is 56.3 Å². The molecule has 0 aliphatic heterocycles. The van der Waals surface area contributed by atoms with E-state index in [1.807, 2.05) is 66.7 Å². The highest BCUT2D eigenvalue weighted by molar-refractivity contribution is 6.09. The fourth-order valence-corrected chi connectivity index (χ4v) is 4.05. The number of hydrogen-bond donors (Lipinski definition) is 0. The Hall–Kier alpha value is -3.45. The van der Waals surface area contributed by atoms with Crippen molar-refractivity contribution in [3.05, 3.63) is 143 Å². The Bertz CT molecular complexity index is 1070. The number of carbonyl (C=O) groups excluding carboxylic acids is 1. The van der Waals surface area contributed by atoms with Gasteiger partial charge in [0.25, 0.3) is 0 Å². The molecule has 4 rings (SSSR count). The van der Waals surface area contributed by atoms with Gasteiger partial charge in [0.05, 0.1) is 0 Å². The van der Waals surface area contributed by atoms with Crippen molar-refractivity contribution in [1.82, 2.24) is 0 Å². The minimum Gasteiger partial charge on any atom is -0.292 e. The van der Waals surface area contributed by atoms with Crippen LogP contribution in [0.4, 0.5) is 0 Å².